The second kappa shape index (κ2) is 8.47. The van der Waals surface area contributed by atoms with Crippen molar-refractivity contribution in [2.75, 3.05) is 0 Å². The number of nitrogens with one attached hydrogen (secondary N) is 2. The molecule has 0 aliphatic heterocycles. The lowest BCUT2D eigenvalue weighted by molar-refractivity contribution is 0.0925. The number of hydrogen-bond donors (Lipinski definition) is 2. The van der Waals surface area contributed by atoms with Gasteiger partial charge in [-0.2, -0.15) is 0 Å². The highest BCUT2D eigenvalue weighted by Crippen LogP contribution is 2.19. The van der Waals surface area contributed by atoms with Gasteiger partial charge in [0.2, 0.25) is 5.82 Å². The predicted octanol–water partition coefficient (Wildman–Crippen LogP) is 3.64. The van der Waals surface area contributed by atoms with Crippen LogP contribution < -0.4 is 10.6 Å². The summed E-state index contributed by atoms with van der Waals surface area (Å²) in [6.07, 6.45) is 7.28. The Bertz CT molecular complexity index is 1030. The van der Waals surface area contributed by atoms with E-state index in [1.54, 1.807) is 10.6 Å². The van der Waals surface area contributed by atoms with Crippen molar-refractivity contribution >= 4 is 17.3 Å². The molecule has 1 aliphatic carbocycles. The van der Waals surface area contributed by atoms with Gasteiger partial charge in [-0.05, 0) is 43.0 Å². The topological polar surface area (TPSA) is 75.5 Å². The smallest absolute Gasteiger partial charge is 0.287 e. The summed E-state index contributed by atoms with van der Waals surface area (Å²) >= 11 is 0. The normalized spacial score (nSPS) is 14.7. The molecule has 0 unspecified atom stereocenters. The number of nitrogens with zero attached hydrogens (tertiary/aromatic N) is 2. The molecule has 1 saturated carbocycles. The number of benzene rings is 1. The molecule has 29 heavy (non-hydrogen) atoms. The fraction of sp³-hybridized carbons (Fsp3) is 0.348. The highest BCUT2D eigenvalue weighted by atomic mass is 16.2. The van der Waals surface area contributed by atoms with E-state index >= 15 is 0 Å². The molecule has 3 aromatic rings. The molecule has 150 valence electrons. The van der Waals surface area contributed by atoms with Crippen LogP contribution in [0.3, 0.4) is 0 Å². The Morgan fingerprint density at radius 2 is 1.79 bits per heavy atom. The zero-order valence-corrected chi connectivity index (χ0v) is 16.6. The first kappa shape index (κ1) is 19.2. The molecule has 0 saturated heterocycles. The van der Waals surface area contributed by atoms with Gasteiger partial charge >= 0.3 is 0 Å². The number of aromatic nitrogens is 2. The van der Waals surface area contributed by atoms with Crippen LogP contribution in [-0.4, -0.2) is 27.2 Å². The number of aryl methyl sites for hydroxylation is 1. The largest absolute Gasteiger partial charge is 0.348 e. The first-order valence-corrected chi connectivity index (χ1v) is 10.2. The van der Waals surface area contributed by atoms with Crippen LogP contribution >= 0.6 is 0 Å². The third-order valence-electron chi connectivity index (χ3n) is 5.61. The summed E-state index contributed by atoms with van der Waals surface area (Å²) in [7, 11) is 0. The number of amides is 2. The van der Waals surface area contributed by atoms with E-state index in [1.165, 1.54) is 6.42 Å². The van der Waals surface area contributed by atoms with Crippen LogP contribution in [0.1, 0.15) is 64.3 Å². The molecule has 1 fully saturated rings. The zero-order valence-electron chi connectivity index (χ0n) is 16.6. The van der Waals surface area contributed by atoms with Gasteiger partial charge in [0.05, 0.1) is 5.52 Å². The Balaban J connectivity index is 1.55. The highest BCUT2D eigenvalue weighted by Gasteiger charge is 2.24. The van der Waals surface area contributed by atoms with Crippen LogP contribution in [0.15, 0.2) is 48.7 Å². The summed E-state index contributed by atoms with van der Waals surface area (Å²) in [6.45, 7) is 2.43. The number of imidazole rings is 1. The average Bonchev–Trinajstić information content (AvgIpc) is 3.14. The number of fused-ring (bicyclic) bond motifs is 1. The molecule has 6 heteroatoms. The molecule has 2 N–H and O–H groups in total. The van der Waals surface area contributed by atoms with Gasteiger partial charge < -0.3 is 10.6 Å². The molecule has 2 heterocycles. The quantitative estimate of drug-likeness (QED) is 0.698. The number of carbonyl (C=O) groups excluding carboxylic acids is 2. The summed E-state index contributed by atoms with van der Waals surface area (Å²) < 4.78 is 1.68. The molecule has 2 amide bonds. The molecule has 0 radical (unpaired) electrons. The summed E-state index contributed by atoms with van der Waals surface area (Å²) in [4.78, 5) is 30.1. The maximum Gasteiger partial charge on any atom is 0.287 e. The monoisotopic (exact) mass is 390 g/mol. The SMILES string of the molecule is Cc1ccccc1CNC(=O)c1nc(C(=O)NC2CCCCC2)c2ccccn12. The molecule has 0 atom stereocenters. The predicted molar refractivity (Wildman–Crippen MR) is 112 cm³/mol. The third-order valence-corrected chi connectivity index (χ3v) is 5.61. The van der Waals surface area contributed by atoms with E-state index in [4.69, 9.17) is 0 Å². The van der Waals surface area contributed by atoms with Gasteiger partial charge in [0, 0.05) is 18.8 Å². The van der Waals surface area contributed by atoms with Crippen molar-refractivity contribution in [3.05, 3.63) is 71.3 Å². The molecule has 0 spiro atoms. The Hall–Kier alpha value is -3.15. The minimum Gasteiger partial charge on any atom is -0.348 e. The maximum atomic E-state index is 12.9. The minimum absolute atomic E-state index is 0.190. The standard InChI is InChI=1S/C23H26N4O2/c1-16-9-5-6-10-17(16)15-24-23(29)21-26-20(19-13-7-8-14-27(19)21)22(28)25-18-11-3-2-4-12-18/h5-10,13-14,18H,2-4,11-12,15H2,1H3,(H,24,29)(H,25,28). The number of rotatable bonds is 5. The lowest BCUT2D eigenvalue weighted by Crippen LogP contribution is -2.36. The summed E-state index contributed by atoms with van der Waals surface area (Å²) in [5.74, 6) is -0.285. The molecule has 1 aliphatic rings. The van der Waals surface area contributed by atoms with Crippen LogP contribution in [0.2, 0.25) is 0 Å². The molecule has 1 aromatic carbocycles. The van der Waals surface area contributed by atoms with Crippen LogP contribution in [0, 0.1) is 6.92 Å². The third kappa shape index (κ3) is 4.16. The van der Waals surface area contributed by atoms with Gasteiger partial charge in [-0.3, -0.25) is 14.0 Å². The van der Waals surface area contributed by atoms with Crippen molar-refractivity contribution in [3.8, 4) is 0 Å². The van der Waals surface area contributed by atoms with Gasteiger partial charge in [0.1, 0.15) is 0 Å². The van der Waals surface area contributed by atoms with Crippen molar-refractivity contribution in [1.29, 1.82) is 0 Å². The second-order valence-electron chi connectivity index (χ2n) is 7.66. The number of hydrogen-bond acceptors (Lipinski definition) is 3. The molecule has 2 aromatic heterocycles. The van der Waals surface area contributed by atoms with E-state index in [-0.39, 0.29) is 23.7 Å². The van der Waals surface area contributed by atoms with Crippen LogP contribution in [0.5, 0.6) is 0 Å². The lowest BCUT2D eigenvalue weighted by Gasteiger charge is -2.22. The van der Waals surface area contributed by atoms with Gasteiger partial charge in [-0.25, -0.2) is 4.98 Å². The van der Waals surface area contributed by atoms with Crippen molar-refractivity contribution in [1.82, 2.24) is 20.0 Å². The fourth-order valence-corrected chi connectivity index (χ4v) is 3.93. The van der Waals surface area contributed by atoms with Crippen LogP contribution in [0.25, 0.3) is 5.52 Å². The van der Waals surface area contributed by atoms with Gasteiger partial charge in [0.15, 0.2) is 5.69 Å². The average molecular weight is 390 g/mol. The Kier molecular flexibility index (Phi) is 5.60. The van der Waals surface area contributed by atoms with Crippen molar-refractivity contribution in [2.24, 2.45) is 0 Å². The van der Waals surface area contributed by atoms with E-state index in [2.05, 4.69) is 15.6 Å². The van der Waals surface area contributed by atoms with Crippen molar-refractivity contribution in [2.45, 2.75) is 51.6 Å². The Morgan fingerprint density at radius 3 is 2.59 bits per heavy atom. The molecular formula is C23H26N4O2. The molecule has 6 nitrogen and oxygen atoms in total. The van der Waals surface area contributed by atoms with E-state index in [0.29, 0.717) is 17.8 Å². The molecule has 4 rings (SSSR count). The van der Waals surface area contributed by atoms with Crippen LogP contribution in [-0.2, 0) is 6.54 Å². The van der Waals surface area contributed by atoms with Crippen molar-refractivity contribution < 1.29 is 9.59 Å². The first-order valence-electron chi connectivity index (χ1n) is 10.2. The Morgan fingerprint density at radius 1 is 1.03 bits per heavy atom. The minimum atomic E-state index is -0.300. The van der Waals surface area contributed by atoms with Crippen LogP contribution in [0.4, 0.5) is 0 Å². The number of pyridine rings is 1. The maximum absolute atomic E-state index is 12.9. The Labute approximate surface area is 170 Å². The van der Waals surface area contributed by atoms with Crippen molar-refractivity contribution in [3.63, 3.8) is 0 Å². The summed E-state index contributed by atoms with van der Waals surface area (Å²) in [5, 5.41) is 6.03. The molecule has 0 bridgehead atoms. The fourth-order valence-electron chi connectivity index (χ4n) is 3.93. The first-order chi connectivity index (χ1) is 14.1. The molecular weight excluding hydrogens is 364 g/mol. The summed E-state index contributed by atoms with van der Waals surface area (Å²) in [5.41, 5.74) is 3.12. The van der Waals surface area contributed by atoms with Gasteiger partial charge in [0.25, 0.3) is 11.8 Å². The van der Waals surface area contributed by atoms with Gasteiger partial charge in [-0.15, -0.1) is 0 Å². The lowest BCUT2D eigenvalue weighted by atomic mass is 9.95. The highest BCUT2D eigenvalue weighted by molar-refractivity contribution is 6.02. The number of carbonyl (C=O) groups is 2. The summed E-state index contributed by atoms with van der Waals surface area (Å²) in [6, 6.07) is 13.6. The van der Waals surface area contributed by atoms with E-state index in [9.17, 15) is 9.59 Å². The zero-order chi connectivity index (χ0) is 20.2. The van der Waals surface area contributed by atoms with E-state index in [0.717, 1.165) is 36.8 Å². The van der Waals surface area contributed by atoms with Gasteiger partial charge in [-0.1, -0.05) is 49.6 Å². The second-order valence-corrected chi connectivity index (χ2v) is 7.66. The van der Waals surface area contributed by atoms with E-state index < -0.39 is 0 Å². The van der Waals surface area contributed by atoms with E-state index in [1.807, 2.05) is 49.4 Å².